The summed E-state index contributed by atoms with van der Waals surface area (Å²) in [4.78, 5) is 26.0. The molecule has 7 nitrogen and oxygen atoms in total. The number of methoxy groups -OCH3 is 2. The summed E-state index contributed by atoms with van der Waals surface area (Å²) in [7, 11) is 3.21. The van der Waals surface area contributed by atoms with Crippen molar-refractivity contribution >= 4 is 12.0 Å². The number of hydrogen-bond acceptors (Lipinski definition) is 5. The molecule has 1 aliphatic rings. The number of amides is 2. The Morgan fingerprint density at radius 1 is 0.829 bits per heavy atom. The number of allylic oxidation sites excluding steroid dienone is 1. The van der Waals surface area contributed by atoms with Crippen LogP contribution in [0.15, 0.2) is 90.1 Å². The van der Waals surface area contributed by atoms with Crippen LogP contribution in [0.1, 0.15) is 29.2 Å². The Bertz CT molecular complexity index is 1210. The van der Waals surface area contributed by atoms with Gasteiger partial charge in [-0.1, -0.05) is 54.6 Å². The largest absolute Gasteiger partial charge is 0.497 e. The van der Waals surface area contributed by atoms with Gasteiger partial charge in [0, 0.05) is 5.70 Å². The van der Waals surface area contributed by atoms with E-state index < -0.39 is 12.0 Å². The van der Waals surface area contributed by atoms with Crippen molar-refractivity contribution in [2.45, 2.75) is 25.5 Å². The minimum atomic E-state index is -0.654. The maximum absolute atomic E-state index is 13.4. The van der Waals surface area contributed by atoms with Gasteiger partial charge in [0.25, 0.3) is 0 Å². The van der Waals surface area contributed by atoms with Crippen LogP contribution in [0.5, 0.6) is 11.5 Å². The molecule has 0 saturated heterocycles. The van der Waals surface area contributed by atoms with Crippen molar-refractivity contribution in [2.24, 2.45) is 0 Å². The van der Waals surface area contributed by atoms with Gasteiger partial charge in [-0.2, -0.15) is 0 Å². The van der Waals surface area contributed by atoms with Crippen LogP contribution in [0.3, 0.4) is 0 Å². The van der Waals surface area contributed by atoms with Gasteiger partial charge < -0.3 is 24.8 Å². The van der Waals surface area contributed by atoms with Gasteiger partial charge in [-0.3, -0.25) is 0 Å². The predicted molar refractivity (Wildman–Crippen MR) is 132 cm³/mol. The van der Waals surface area contributed by atoms with Gasteiger partial charge in [0.15, 0.2) is 0 Å². The van der Waals surface area contributed by atoms with E-state index in [4.69, 9.17) is 14.2 Å². The van der Waals surface area contributed by atoms with Crippen molar-refractivity contribution in [2.75, 3.05) is 14.2 Å². The van der Waals surface area contributed by atoms with Crippen LogP contribution in [0.25, 0.3) is 0 Å². The summed E-state index contributed by atoms with van der Waals surface area (Å²) >= 11 is 0. The lowest BCUT2D eigenvalue weighted by atomic mass is 9.93. The number of ether oxygens (including phenoxy) is 3. The van der Waals surface area contributed by atoms with Gasteiger partial charge >= 0.3 is 12.0 Å². The summed E-state index contributed by atoms with van der Waals surface area (Å²) in [5, 5.41) is 5.72. The first-order chi connectivity index (χ1) is 17.1. The van der Waals surface area contributed by atoms with E-state index in [1.807, 2.05) is 66.7 Å². The number of aryl methyl sites for hydroxylation is 1. The lowest BCUT2D eigenvalue weighted by Crippen LogP contribution is -2.46. The second-order valence-corrected chi connectivity index (χ2v) is 8.11. The van der Waals surface area contributed by atoms with Crippen LogP contribution in [0.2, 0.25) is 0 Å². The fourth-order valence-corrected chi connectivity index (χ4v) is 4.00. The van der Waals surface area contributed by atoms with Gasteiger partial charge in [0.2, 0.25) is 0 Å². The fraction of sp³-hybridized carbons (Fsp3) is 0.214. The zero-order valence-electron chi connectivity index (χ0n) is 19.7. The van der Waals surface area contributed by atoms with Crippen molar-refractivity contribution in [3.8, 4) is 11.5 Å². The normalized spacial score (nSPS) is 15.1. The third-order valence-corrected chi connectivity index (χ3v) is 5.83. The highest BCUT2D eigenvalue weighted by molar-refractivity contribution is 5.95. The van der Waals surface area contributed by atoms with E-state index in [0.29, 0.717) is 29.9 Å². The number of carbonyl (C=O) groups excluding carboxylic acids is 2. The number of rotatable bonds is 9. The quantitative estimate of drug-likeness (QED) is 0.442. The molecule has 0 radical (unpaired) electrons. The molecule has 35 heavy (non-hydrogen) atoms. The average Bonchev–Trinajstić information content (AvgIpc) is 2.91. The molecule has 0 fully saturated rings. The van der Waals surface area contributed by atoms with E-state index in [9.17, 15) is 9.59 Å². The Labute approximate surface area is 204 Å². The molecule has 4 rings (SSSR count). The van der Waals surface area contributed by atoms with Crippen LogP contribution in [-0.2, 0) is 22.6 Å². The van der Waals surface area contributed by atoms with Gasteiger partial charge in [-0.05, 0) is 53.8 Å². The topological polar surface area (TPSA) is 85.9 Å². The highest BCUT2D eigenvalue weighted by Gasteiger charge is 2.33. The van der Waals surface area contributed by atoms with Crippen molar-refractivity contribution < 1.29 is 23.8 Å². The third kappa shape index (κ3) is 6.00. The zero-order valence-corrected chi connectivity index (χ0v) is 19.7. The van der Waals surface area contributed by atoms with Gasteiger partial charge in [-0.25, -0.2) is 9.59 Å². The molecule has 0 saturated carbocycles. The molecule has 180 valence electrons. The SMILES string of the molecule is COc1ccc(C2NC(=O)NC(CCc3cccc(OC)c3)=C2C(=O)OCc2ccccc2)cc1. The molecule has 1 heterocycles. The zero-order chi connectivity index (χ0) is 24.6. The molecule has 7 heteroatoms. The second kappa shape index (κ2) is 11.2. The number of carbonyl (C=O) groups is 2. The Balaban J connectivity index is 1.65. The van der Waals surface area contributed by atoms with E-state index in [1.54, 1.807) is 26.4 Å². The maximum Gasteiger partial charge on any atom is 0.338 e. The van der Waals surface area contributed by atoms with Crippen LogP contribution in [-0.4, -0.2) is 26.2 Å². The molecule has 3 aromatic carbocycles. The summed E-state index contributed by atoms with van der Waals surface area (Å²) < 4.78 is 16.3. The first kappa shape index (κ1) is 23.9. The van der Waals surface area contributed by atoms with Crippen molar-refractivity contribution in [3.63, 3.8) is 0 Å². The van der Waals surface area contributed by atoms with Crippen LogP contribution < -0.4 is 20.1 Å². The number of hydrogen-bond donors (Lipinski definition) is 2. The maximum atomic E-state index is 13.4. The molecule has 0 spiro atoms. The molecule has 2 amide bonds. The van der Waals surface area contributed by atoms with Gasteiger partial charge in [-0.15, -0.1) is 0 Å². The van der Waals surface area contributed by atoms with E-state index in [0.717, 1.165) is 22.4 Å². The molecule has 1 atom stereocenters. The minimum Gasteiger partial charge on any atom is -0.497 e. The number of nitrogens with one attached hydrogen (secondary N) is 2. The number of benzene rings is 3. The Morgan fingerprint density at radius 3 is 2.26 bits per heavy atom. The third-order valence-electron chi connectivity index (χ3n) is 5.83. The summed E-state index contributed by atoms with van der Waals surface area (Å²) in [5.41, 5.74) is 3.59. The van der Waals surface area contributed by atoms with Crippen molar-refractivity contribution in [1.29, 1.82) is 0 Å². The minimum absolute atomic E-state index is 0.135. The standard InChI is InChI=1S/C28H28N2O5/c1-33-22-14-12-21(13-15-22)26-25(27(31)35-18-20-7-4-3-5-8-20)24(29-28(32)30-26)16-11-19-9-6-10-23(17-19)34-2/h3-10,12-15,17,26H,11,16,18H2,1-2H3,(H2,29,30,32). The lowest BCUT2D eigenvalue weighted by Gasteiger charge is -2.29. The van der Waals surface area contributed by atoms with Crippen LogP contribution in [0.4, 0.5) is 4.79 Å². The van der Waals surface area contributed by atoms with Crippen LogP contribution >= 0.6 is 0 Å². The monoisotopic (exact) mass is 472 g/mol. The van der Waals surface area contributed by atoms with Gasteiger partial charge in [0.1, 0.15) is 18.1 Å². The molecule has 0 aromatic heterocycles. The first-order valence-corrected chi connectivity index (χ1v) is 11.4. The first-order valence-electron chi connectivity index (χ1n) is 11.4. The fourth-order valence-electron chi connectivity index (χ4n) is 4.00. The Morgan fingerprint density at radius 2 is 1.54 bits per heavy atom. The second-order valence-electron chi connectivity index (χ2n) is 8.11. The molecular weight excluding hydrogens is 444 g/mol. The molecule has 0 aliphatic carbocycles. The highest BCUT2D eigenvalue weighted by Crippen LogP contribution is 2.31. The summed E-state index contributed by atoms with van der Waals surface area (Å²) in [6.07, 6.45) is 1.06. The number of esters is 1. The number of urea groups is 1. The van der Waals surface area contributed by atoms with Gasteiger partial charge in [0.05, 0.1) is 25.8 Å². The van der Waals surface area contributed by atoms with E-state index >= 15 is 0 Å². The highest BCUT2D eigenvalue weighted by atomic mass is 16.5. The summed E-state index contributed by atoms with van der Waals surface area (Å²) in [5.74, 6) is 0.955. The Kier molecular flexibility index (Phi) is 7.67. The molecule has 2 N–H and O–H groups in total. The van der Waals surface area contributed by atoms with Crippen molar-refractivity contribution in [1.82, 2.24) is 10.6 Å². The summed E-state index contributed by atoms with van der Waals surface area (Å²) in [6.45, 7) is 0.135. The summed E-state index contributed by atoms with van der Waals surface area (Å²) in [6, 6.07) is 23.4. The van der Waals surface area contributed by atoms with E-state index in [2.05, 4.69) is 10.6 Å². The molecule has 1 unspecified atom stereocenters. The molecule has 0 bridgehead atoms. The molecule has 1 aliphatic heterocycles. The molecule has 3 aromatic rings. The predicted octanol–water partition coefficient (Wildman–Crippen LogP) is 4.69. The smallest absolute Gasteiger partial charge is 0.338 e. The van der Waals surface area contributed by atoms with Crippen molar-refractivity contribution in [3.05, 3.63) is 107 Å². The molecular formula is C28H28N2O5. The Hall–Kier alpha value is -4.26. The lowest BCUT2D eigenvalue weighted by molar-refractivity contribution is -0.140. The van der Waals surface area contributed by atoms with E-state index in [-0.39, 0.29) is 12.6 Å². The van der Waals surface area contributed by atoms with E-state index in [1.165, 1.54) is 0 Å². The average molecular weight is 473 g/mol. The van der Waals surface area contributed by atoms with Crippen LogP contribution in [0, 0.1) is 0 Å².